The molecule has 0 aliphatic rings. The van der Waals surface area contributed by atoms with E-state index in [1.165, 1.54) is 18.2 Å². The van der Waals surface area contributed by atoms with Gasteiger partial charge in [-0.2, -0.15) is 13.2 Å². The van der Waals surface area contributed by atoms with Gasteiger partial charge in [-0.1, -0.05) is 23.0 Å². The summed E-state index contributed by atoms with van der Waals surface area (Å²) < 4.78 is 50.3. The number of urea groups is 1. The minimum Gasteiger partial charge on any atom is -0.378 e. The van der Waals surface area contributed by atoms with Gasteiger partial charge in [0.25, 0.3) is 5.91 Å². The Hall–Kier alpha value is -4.62. The Morgan fingerprint density at radius 1 is 1.03 bits per heavy atom. The van der Waals surface area contributed by atoms with Crippen LogP contribution in [-0.4, -0.2) is 34.0 Å². The molecule has 3 aromatic rings. The zero-order valence-electron chi connectivity index (χ0n) is 17.0. The van der Waals surface area contributed by atoms with Crippen molar-refractivity contribution in [1.82, 2.24) is 9.94 Å². The molecule has 0 aliphatic heterocycles. The fourth-order valence-corrected chi connectivity index (χ4v) is 2.66. The van der Waals surface area contributed by atoms with Gasteiger partial charge in [-0.3, -0.25) is 4.79 Å². The highest BCUT2D eigenvalue weighted by Crippen LogP contribution is 2.19. The Morgan fingerprint density at radius 3 is 2.29 bits per heavy atom. The van der Waals surface area contributed by atoms with Gasteiger partial charge in [-0.05, 0) is 35.9 Å². The third-order valence-electron chi connectivity index (χ3n) is 4.08. The Balaban J connectivity index is 1.65. The zero-order chi connectivity index (χ0) is 24.9. The second kappa shape index (κ2) is 9.89. The van der Waals surface area contributed by atoms with Gasteiger partial charge < -0.3 is 26.5 Å². The number of hydrogen-bond acceptors (Lipinski definition) is 6. The molecule has 0 radical (unpaired) electrons. The molecule has 3 rings (SSSR count). The van der Waals surface area contributed by atoms with E-state index in [0.29, 0.717) is 11.3 Å². The van der Waals surface area contributed by atoms with Crippen molar-refractivity contribution < 1.29 is 36.8 Å². The molecular formula is C20H16F4N6O4. The second-order valence-electron chi connectivity index (χ2n) is 6.68. The normalized spacial score (nSPS) is 10.9. The maximum Gasteiger partial charge on any atom is 0.493 e. The van der Waals surface area contributed by atoms with Gasteiger partial charge >= 0.3 is 18.2 Å². The van der Waals surface area contributed by atoms with Crippen LogP contribution in [0.4, 0.5) is 39.4 Å². The van der Waals surface area contributed by atoms with Crippen LogP contribution in [0.25, 0.3) is 0 Å². The first kappa shape index (κ1) is 24.0. The van der Waals surface area contributed by atoms with Gasteiger partial charge in [-0.25, -0.2) is 14.0 Å². The monoisotopic (exact) mass is 480 g/mol. The summed E-state index contributed by atoms with van der Waals surface area (Å²) in [5, 5.41) is 11.2. The third kappa shape index (κ3) is 6.44. The van der Waals surface area contributed by atoms with Crippen LogP contribution in [0.3, 0.4) is 0 Å². The standard InChI is InChI=1S/C20H16F4N6O4/c21-12-4-2-6-14(8-12)28-19(33)27-13-5-1-3-11(7-13)9-26-15-10-30(29-16(15)17(25)31)34-18(32)20(22,23)24/h1-8,10,26H,9H2,(H2,25,31)(H2,27,28,33). The number of hydrogen-bond donors (Lipinski definition) is 4. The maximum atomic E-state index is 13.2. The van der Waals surface area contributed by atoms with Crippen LogP contribution in [0.2, 0.25) is 0 Å². The molecule has 0 aliphatic carbocycles. The number of halogens is 4. The molecule has 1 aromatic heterocycles. The first-order valence-corrected chi connectivity index (χ1v) is 9.36. The number of nitrogens with two attached hydrogens (primary N) is 1. The van der Waals surface area contributed by atoms with Crippen LogP contribution < -0.4 is 26.5 Å². The summed E-state index contributed by atoms with van der Waals surface area (Å²) in [6, 6.07) is 11.1. The summed E-state index contributed by atoms with van der Waals surface area (Å²) in [6.45, 7) is 0.0280. The molecule has 2 aromatic carbocycles. The van der Waals surface area contributed by atoms with Crippen LogP contribution in [0.1, 0.15) is 16.1 Å². The highest BCUT2D eigenvalue weighted by Gasteiger charge is 2.42. The SMILES string of the molecule is NC(=O)c1nn(OC(=O)C(F)(F)F)cc1NCc1cccc(NC(=O)Nc2cccc(F)c2)c1. The van der Waals surface area contributed by atoms with E-state index in [0.717, 1.165) is 12.3 Å². The average molecular weight is 480 g/mol. The lowest BCUT2D eigenvalue weighted by atomic mass is 10.2. The van der Waals surface area contributed by atoms with Crippen LogP contribution >= 0.6 is 0 Å². The number of rotatable bonds is 7. The molecule has 0 bridgehead atoms. The van der Waals surface area contributed by atoms with Crippen molar-refractivity contribution in [3.05, 3.63) is 71.8 Å². The molecule has 0 spiro atoms. The number of carbonyl (C=O) groups excluding carboxylic acids is 3. The van der Waals surface area contributed by atoms with Crippen molar-refractivity contribution in [2.45, 2.75) is 12.7 Å². The van der Waals surface area contributed by atoms with Gasteiger partial charge in [-0.15, -0.1) is 5.10 Å². The zero-order valence-corrected chi connectivity index (χ0v) is 17.0. The molecule has 178 valence electrons. The summed E-state index contributed by atoms with van der Waals surface area (Å²) in [5.74, 6) is -4.13. The van der Waals surface area contributed by atoms with Crippen molar-refractivity contribution in [2.24, 2.45) is 5.73 Å². The number of alkyl halides is 3. The topological polar surface area (TPSA) is 140 Å². The lowest BCUT2D eigenvalue weighted by molar-refractivity contribution is -0.201. The van der Waals surface area contributed by atoms with E-state index in [4.69, 9.17) is 5.73 Å². The molecule has 1 heterocycles. The highest BCUT2D eigenvalue weighted by atomic mass is 19.4. The van der Waals surface area contributed by atoms with Crippen molar-refractivity contribution in [3.8, 4) is 0 Å². The molecule has 0 atom stereocenters. The van der Waals surface area contributed by atoms with Crippen LogP contribution in [-0.2, 0) is 11.3 Å². The van der Waals surface area contributed by atoms with Gasteiger partial charge in [0.15, 0.2) is 5.69 Å². The van der Waals surface area contributed by atoms with Crippen molar-refractivity contribution in [2.75, 3.05) is 16.0 Å². The lowest BCUT2D eigenvalue weighted by Gasteiger charge is -2.10. The summed E-state index contributed by atoms with van der Waals surface area (Å²) in [5.41, 5.74) is 5.82. The van der Waals surface area contributed by atoms with Crippen molar-refractivity contribution >= 4 is 35.0 Å². The Bertz CT molecular complexity index is 1230. The minimum absolute atomic E-state index is 0.0280. The number of aromatic nitrogens is 2. The number of primary amides is 1. The second-order valence-corrected chi connectivity index (χ2v) is 6.68. The van der Waals surface area contributed by atoms with E-state index in [1.54, 1.807) is 24.3 Å². The largest absolute Gasteiger partial charge is 0.493 e. The van der Waals surface area contributed by atoms with E-state index in [1.807, 2.05) is 0 Å². The molecule has 10 nitrogen and oxygen atoms in total. The first-order chi connectivity index (χ1) is 16.0. The first-order valence-electron chi connectivity index (χ1n) is 9.36. The number of amides is 3. The molecule has 0 saturated carbocycles. The van der Waals surface area contributed by atoms with Gasteiger partial charge in [0, 0.05) is 17.9 Å². The fourth-order valence-electron chi connectivity index (χ4n) is 2.66. The summed E-state index contributed by atoms with van der Waals surface area (Å²) >= 11 is 0. The maximum absolute atomic E-state index is 13.2. The smallest absolute Gasteiger partial charge is 0.378 e. The van der Waals surface area contributed by atoms with E-state index >= 15 is 0 Å². The fraction of sp³-hybridized carbons (Fsp3) is 0.100. The Labute approximate surface area is 188 Å². The van der Waals surface area contributed by atoms with Gasteiger partial charge in [0.2, 0.25) is 0 Å². The number of benzene rings is 2. The molecule has 14 heteroatoms. The van der Waals surface area contributed by atoms with Crippen LogP contribution in [0.5, 0.6) is 0 Å². The predicted molar refractivity (Wildman–Crippen MR) is 111 cm³/mol. The average Bonchev–Trinajstić information content (AvgIpc) is 3.15. The Morgan fingerprint density at radius 2 is 1.68 bits per heavy atom. The molecule has 0 saturated heterocycles. The van der Waals surface area contributed by atoms with Gasteiger partial charge in [0.05, 0.1) is 11.9 Å². The molecule has 34 heavy (non-hydrogen) atoms. The van der Waals surface area contributed by atoms with Crippen molar-refractivity contribution in [3.63, 3.8) is 0 Å². The summed E-state index contributed by atoms with van der Waals surface area (Å²) in [4.78, 5) is 38.8. The van der Waals surface area contributed by atoms with Crippen LogP contribution in [0.15, 0.2) is 54.7 Å². The summed E-state index contributed by atoms with van der Waals surface area (Å²) in [7, 11) is 0. The molecule has 5 N–H and O–H groups in total. The minimum atomic E-state index is -5.26. The molecule has 0 unspecified atom stereocenters. The molecular weight excluding hydrogens is 464 g/mol. The lowest BCUT2D eigenvalue weighted by Crippen LogP contribution is -2.33. The molecule has 0 fully saturated rings. The Kier molecular flexibility index (Phi) is 6.99. The highest BCUT2D eigenvalue weighted by molar-refractivity contribution is 5.99. The number of nitrogens with zero attached hydrogens (tertiary/aromatic N) is 2. The van der Waals surface area contributed by atoms with E-state index in [9.17, 15) is 31.9 Å². The van der Waals surface area contributed by atoms with Gasteiger partial charge in [0.1, 0.15) is 5.82 Å². The summed E-state index contributed by atoms with van der Waals surface area (Å²) in [6.07, 6.45) is -4.42. The molecule has 3 amide bonds. The number of carbonyl (C=O) groups is 3. The van der Waals surface area contributed by atoms with Crippen LogP contribution in [0, 0.1) is 5.82 Å². The third-order valence-corrected chi connectivity index (χ3v) is 4.08. The quantitative estimate of drug-likeness (QED) is 0.384. The predicted octanol–water partition coefficient (Wildman–Crippen LogP) is 2.89. The van der Waals surface area contributed by atoms with E-state index in [-0.39, 0.29) is 22.8 Å². The van der Waals surface area contributed by atoms with Crippen molar-refractivity contribution in [1.29, 1.82) is 0 Å². The van der Waals surface area contributed by atoms with E-state index < -0.39 is 35.6 Å². The number of anilines is 3. The van der Waals surface area contributed by atoms with E-state index in [2.05, 4.69) is 25.9 Å². The number of nitrogens with one attached hydrogen (secondary N) is 3.